The van der Waals surface area contributed by atoms with Gasteiger partial charge in [0, 0.05) is 15.1 Å². The van der Waals surface area contributed by atoms with Gasteiger partial charge in [0.15, 0.2) is 0 Å². The fourth-order valence-corrected chi connectivity index (χ4v) is 29.3. The van der Waals surface area contributed by atoms with Crippen LogP contribution in [0.2, 0.25) is 54.4 Å². The van der Waals surface area contributed by atoms with Gasteiger partial charge in [-0.3, -0.25) is 0 Å². The van der Waals surface area contributed by atoms with Crippen LogP contribution >= 0.6 is 0 Å². The second kappa shape index (κ2) is 10.7. The maximum atomic E-state index is 2.80. The third-order valence-electron chi connectivity index (χ3n) is 14.5. The Kier molecular flexibility index (Phi) is 8.56. The fraction of sp³-hybridized carbons (Fsp3) is 0.571. The predicted octanol–water partition coefficient (Wildman–Crippen LogP) is 12.9. The summed E-state index contributed by atoms with van der Waals surface area (Å²) in [5.41, 5.74) is 8.88. The van der Waals surface area contributed by atoms with E-state index >= 15 is 0 Å². The fourth-order valence-electron chi connectivity index (χ4n) is 9.85. The van der Waals surface area contributed by atoms with E-state index in [2.05, 4.69) is 195 Å². The lowest BCUT2D eigenvalue weighted by Crippen LogP contribution is -2.61. The SMILES string of the molecule is Cc1ccc(C2([Si](C)(C)C(C)(C)C)C(c3ccc(C)cc3)([Si](C)(C)C(C)(C)C)C2(c2ccc(C)cc2)[Si](C)(C)C(C)(C)C)cc1. The second-order valence-corrected chi connectivity index (χ2v) is 36.0. The largest absolute Gasteiger partial charge is 0.0682 e. The smallest absolute Gasteiger partial charge is 0.0656 e. The molecule has 0 unspecified atom stereocenters. The third kappa shape index (κ3) is 4.38. The average molecular weight is 655 g/mol. The summed E-state index contributed by atoms with van der Waals surface area (Å²) in [6, 6.07) is 30.1. The van der Waals surface area contributed by atoms with Crippen LogP contribution in [0.3, 0.4) is 0 Å². The Morgan fingerprint density at radius 3 is 0.622 bits per heavy atom. The molecule has 1 aliphatic carbocycles. The predicted molar refractivity (Wildman–Crippen MR) is 210 cm³/mol. The van der Waals surface area contributed by atoms with Crippen molar-refractivity contribution in [2.24, 2.45) is 0 Å². The molecule has 3 aromatic carbocycles. The zero-order chi connectivity index (χ0) is 34.4. The van der Waals surface area contributed by atoms with Gasteiger partial charge in [0.2, 0.25) is 0 Å². The lowest BCUT2D eigenvalue weighted by Gasteiger charge is -2.53. The van der Waals surface area contributed by atoms with Gasteiger partial charge in [0.05, 0.1) is 24.2 Å². The first-order valence-electron chi connectivity index (χ1n) is 17.5. The molecule has 246 valence electrons. The van der Waals surface area contributed by atoms with Crippen molar-refractivity contribution >= 4 is 24.2 Å². The van der Waals surface area contributed by atoms with Crippen LogP contribution < -0.4 is 0 Å². The second-order valence-electron chi connectivity index (χ2n) is 19.5. The summed E-state index contributed by atoms with van der Waals surface area (Å²) < 4.78 is 0. The number of benzene rings is 3. The quantitative estimate of drug-likeness (QED) is 0.232. The first-order chi connectivity index (χ1) is 20.2. The standard InChI is InChI=1S/C42H66Si3/c1-31-19-25-34(26-20-31)40(43(13,14)37(4,5)6)41(44(15,16)38(7,8)9,35-27-21-32(2)22-28-35)42(40,45(17,18)39(10,11)12)36-29-23-33(3)24-30-36/h19-30H,1-18H3. The van der Waals surface area contributed by atoms with E-state index in [1.807, 2.05) is 0 Å². The van der Waals surface area contributed by atoms with E-state index in [1.165, 1.54) is 16.7 Å². The molecule has 0 bridgehead atoms. The summed E-state index contributed by atoms with van der Waals surface area (Å²) in [5, 5.41) is 0.460. The number of rotatable bonds is 6. The van der Waals surface area contributed by atoms with Gasteiger partial charge < -0.3 is 0 Å². The van der Waals surface area contributed by atoms with Gasteiger partial charge in [-0.05, 0) is 52.6 Å². The zero-order valence-electron chi connectivity index (χ0n) is 32.4. The van der Waals surface area contributed by atoms with E-state index in [4.69, 9.17) is 0 Å². The van der Waals surface area contributed by atoms with E-state index in [1.54, 1.807) is 16.7 Å². The minimum Gasteiger partial charge on any atom is -0.0682 e. The van der Waals surface area contributed by atoms with Crippen LogP contribution in [0.5, 0.6) is 0 Å². The molecule has 0 amide bonds. The normalized spacial score (nSPS) is 24.9. The molecule has 0 aromatic heterocycles. The minimum atomic E-state index is -2.25. The van der Waals surface area contributed by atoms with Crippen LogP contribution in [0.15, 0.2) is 72.8 Å². The highest BCUT2D eigenvalue weighted by Gasteiger charge is 2.99. The summed E-state index contributed by atoms with van der Waals surface area (Å²) in [7, 11) is -6.75. The summed E-state index contributed by atoms with van der Waals surface area (Å²) in [4.78, 5) is 0. The van der Waals surface area contributed by atoms with E-state index in [9.17, 15) is 0 Å². The molecule has 0 spiro atoms. The van der Waals surface area contributed by atoms with E-state index in [0.717, 1.165) is 0 Å². The van der Waals surface area contributed by atoms with Crippen molar-refractivity contribution in [2.45, 2.75) is 153 Å². The molecule has 1 saturated carbocycles. The Bertz CT molecular complexity index is 1320. The maximum Gasteiger partial charge on any atom is 0.0656 e. The third-order valence-corrected chi connectivity index (χ3v) is 35.3. The summed E-state index contributed by atoms with van der Waals surface area (Å²) in [6.45, 7) is 46.9. The Balaban J connectivity index is 2.55. The molecule has 3 heteroatoms. The first-order valence-corrected chi connectivity index (χ1v) is 26.5. The number of hydrogen-bond acceptors (Lipinski definition) is 0. The van der Waals surface area contributed by atoms with Crippen molar-refractivity contribution in [3.05, 3.63) is 106 Å². The van der Waals surface area contributed by atoms with Crippen LogP contribution in [0.25, 0.3) is 0 Å². The Hall–Kier alpha value is -1.69. The van der Waals surface area contributed by atoms with Crippen LogP contribution in [-0.4, -0.2) is 24.2 Å². The summed E-state index contributed by atoms with van der Waals surface area (Å²) in [5.74, 6) is 0. The molecule has 0 atom stereocenters. The Morgan fingerprint density at radius 1 is 0.333 bits per heavy atom. The van der Waals surface area contributed by atoms with Crippen LogP contribution in [0.4, 0.5) is 0 Å². The molecule has 1 fully saturated rings. The Labute approximate surface area is 281 Å². The van der Waals surface area contributed by atoms with Gasteiger partial charge in [-0.15, -0.1) is 0 Å². The minimum absolute atomic E-state index is 0.0184. The topological polar surface area (TPSA) is 0 Å². The molecular weight excluding hydrogens is 589 g/mol. The lowest BCUT2D eigenvalue weighted by molar-refractivity contribution is 0.634. The molecule has 0 nitrogen and oxygen atoms in total. The van der Waals surface area contributed by atoms with Crippen molar-refractivity contribution in [3.63, 3.8) is 0 Å². The number of hydrogen-bond donors (Lipinski definition) is 0. The molecular formula is C42H66Si3. The molecule has 0 radical (unpaired) electrons. The highest BCUT2D eigenvalue weighted by Crippen LogP contribution is 2.91. The monoisotopic (exact) mass is 654 g/mol. The van der Waals surface area contributed by atoms with Crippen molar-refractivity contribution in [2.75, 3.05) is 0 Å². The highest BCUT2D eigenvalue weighted by molar-refractivity contribution is 6.99. The van der Waals surface area contributed by atoms with E-state index in [-0.39, 0.29) is 30.2 Å². The highest BCUT2D eigenvalue weighted by atomic mass is 28.3. The van der Waals surface area contributed by atoms with Gasteiger partial charge in [-0.25, -0.2) is 0 Å². The van der Waals surface area contributed by atoms with E-state index in [0.29, 0.717) is 0 Å². The maximum absolute atomic E-state index is 2.80. The lowest BCUT2D eigenvalue weighted by atomic mass is 10.0. The molecule has 3 aromatic rings. The van der Waals surface area contributed by atoms with Crippen LogP contribution in [-0.2, 0) is 15.1 Å². The summed E-state index contributed by atoms with van der Waals surface area (Å²) in [6.07, 6.45) is 0. The first kappa shape index (κ1) is 36.2. The van der Waals surface area contributed by atoms with Crippen LogP contribution in [0, 0.1) is 20.8 Å². The molecule has 0 N–H and O–H groups in total. The van der Waals surface area contributed by atoms with Gasteiger partial charge in [-0.1, -0.05) is 191 Å². The molecule has 45 heavy (non-hydrogen) atoms. The van der Waals surface area contributed by atoms with Crippen molar-refractivity contribution in [3.8, 4) is 0 Å². The molecule has 0 saturated heterocycles. The molecule has 1 aliphatic rings. The van der Waals surface area contributed by atoms with Gasteiger partial charge in [-0.2, -0.15) is 0 Å². The summed E-state index contributed by atoms with van der Waals surface area (Å²) >= 11 is 0. The Morgan fingerprint density at radius 2 is 0.489 bits per heavy atom. The van der Waals surface area contributed by atoms with Crippen LogP contribution in [0.1, 0.15) is 95.7 Å². The zero-order valence-corrected chi connectivity index (χ0v) is 35.4. The van der Waals surface area contributed by atoms with E-state index < -0.39 is 24.2 Å². The van der Waals surface area contributed by atoms with Crippen molar-refractivity contribution in [1.82, 2.24) is 0 Å². The average Bonchev–Trinajstić information content (AvgIpc) is 3.51. The molecule has 0 heterocycles. The van der Waals surface area contributed by atoms with Gasteiger partial charge in [0.25, 0.3) is 0 Å². The van der Waals surface area contributed by atoms with Gasteiger partial charge >= 0.3 is 0 Å². The van der Waals surface area contributed by atoms with Gasteiger partial charge in [0.1, 0.15) is 0 Å². The molecule has 4 rings (SSSR count). The van der Waals surface area contributed by atoms with Crippen molar-refractivity contribution < 1.29 is 0 Å². The number of aryl methyl sites for hydroxylation is 3. The van der Waals surface area contributed by atoms with Crippen molar-refractivity contribution in [1.29, 1.82) is 0 Å². The molecule has 0 aliphatic heterocycles.